The number of ether oxygens (including phenoxy) is 1. The van der Waals surface area contributed by atoms with Crippen LogP contribution < -0.4 is 4.74 Å². The van der Waals surface area contributed by atoms with Gasteiger partial charge in [0.2, 0.25) is 0 Å². The van der Waals surface area contributed by atoms with Crippen molar-refractivity contribution in [2.75, 3.05) is 5.75 Å². The topological polar surface area (TPSA) is 82.8 Å². The van der Waals surface area contributed by atoms with Crippen LogP contribution in [0.25, 0.3) is 11.3 Å². The molecule has 1 aliphatic heterocycles. The Bertz CT molecular complexity index is 687. The van der Waals surface area contributed by atoms with Gasteiger partial charge in [-0.3, -0.25) is 4.98 Å². The molecule has 1 aromatic heterocycles. The molecule has 1 aliphatic rings. The van der Waals surface area contributed by atoms with Gasteiger partial charge < -0.3 is 20.1 Å². The predicted octanol–water partition coefficient (Wildman–Crippen LogP) is 1.94. The quantitative estimate of drug-likeness (QED) is 0.782. The molecule has 0 radical (unpaired) electrons. The minimum absolute atomic E-state index is 0.300. The van der Waals surface area contributed by atoms with Crippen LogP contribution in [-0.2, 0) is 0 Å². The summed E-state index contributed by atoms with van der Waals surface area (Å²) < 4.78 is 5.76. The molecule has 7 heteroatoms. The van der Waals surface area contributed by atoms with Crippen molar-refractivity contribution in [3.05, 3.63) is 47.6 Å². The van der Waals surface area contributed by atoms with Gasteiger partial charge in [-0.1, -0.05) is 23.7 Å². The first-order valence-electron chi connectivity index (χ1n) is 7.09. The number of aromatic nitrogens is 1. The summed E-state index contributed by atoms with van der Waals surface area (Å²) in [7, 11) is 0. The van der Waals surface area contributed by atoms with E-state index in [2.05, 4.69) is 4.98 Å². The highest BCUT2D eigenvalue weighted by Gasteiger charge is 2.38. The van der Waals surface area contributed by atoms with E-state index in [1.165, 1.54) is 11.8 Å². The lowest BCUT2D eigenvalue weighted by molar-refractivity contribution is -0.0786. The van der Waals surface area contributed by atoms with Gasteiger partial charge in [0.05, 0.1) is 16.8 Å². The SMILES string of the molecule is O[C@@H]1[C@@H](O)[C@@H](Oc2cccc(-c3ncccc3Cl)c2)SC[C@H]1O. The van der Waals surface area contributed by atoms with Crippen molar-refractivity contribution in [3.63, 3.8) is 0 Å². The lowest BCUT2D eigenvalue weighted by Crippen LogP contribution is -2.50. The number of benzene rings is 1. The molecule has 3 rings (SSSR count). The fourth-order valence-electron chi connectivity index (χ4n) is 2.33. The van der Waals surface area contributed by atoms with Crippen molar-refractivity contribution in [3.8, 4) is 17.0 Å². The van der Waals surface area contributed by atoms with Crippen LogP contribution in [0.4, 0.5) is 0 Å². The number of hydrogen-bond donors (Lipinski definition) is 3. The summed E-state index contributed by atoms with van der Waals surface area (Å²) in [5, 5.41) is 29.8. The normalized spacial score (nSPS) is 27.7. The summed E-state index contributed by atoms with van der Waals surface area (Å²) in [6.45, 7) is 0. The zero-order valence-electron chi connectivity index (χ0n) is 12.0. The third-order valence-electron chi connectivity index (χ3n) is 3.57. The molecule has 0 amide bonds. The molecular formula is C16H16ClNO4S. The molecule has 0 bridgehead atoms. The van der Waals surface area contributed by atoms with E-state index >= 15 is 0 Å². The number of rotatable bonds is 3. The molecule has 122 valence electrons. The third kappa shape index (κ3) is 3.62. The maximum atomic E-state index is 10.0. The molecule has 0 saturated carbocycles. The second-order valence-corrected chi connectivity index (χ2v) is 6.77. The van der Waals surface area contributed by atoms with E-state index < -0.39 is 23.7 Å². The van der Waals surface area contributed by atoms with Crippen molar-refractivity contribution in [1.29, 1.82) is 0 Å². The summed E-state index contributed by atoms with van der Waals surface area (Å²) in [6, 6.07) is 10.7. The van der Waals surface area contributed by atoms with E-state index in [1.54, 1.807) is 36.5 Å². The van der Waals surface area contributed by atoms with Gasteiger partial charge in [0, 0.05) is 17.5 Å². The Morgan fingerprint density at radius 2 is 1.96 bits per heavy atom. The Kier molecular flexibility index (Phi) is 5.08. The van der Waals surface area contributed by atoms with Gasteiger partial charge in [-0.25, -0.2) is 0 Å². The molecule has 1 saturated heterocycles. The summed E-state index contributed by atoms with van der Waals surface area (Å²) in [5.74, 6) is 0.832. The van der Waals surface area contributed by atoms with E-state index in [-0.39, 0.29) is 0 Å². The van der Waals surface area contributed by atoms with Crippen LogP contribution in [0.5, 0.6) is 5.75 Å². The maximum Gasteiger partial charge on any atom is 0.173 e. The van der Waals surface area contributed by atoms with Crippen LogP contribution in [0, 0.1) is 0 Å². The van der Waals surface area contributed by atoms with Gasteiger partial charge in [0.1, 0.15) is 18.0 Å². The standard InChI is InChI=1S/C16H16ClNO4S/c17-11-5-2-6-18-13(11)9-3-1-4-10(7-9)22-16-15(21)14(20)12(19)8-23-16/h1-7,12,14-16,19-21H,8H2/t12-,14+,15-,16+/m1/s1. The van der Waals surface area contributed by atoms with Crippen LogP contribution in [0.1, 0.15) is 0 Å². The van der Waals surface area contributed by atoms with Crippen LogP contribution >= 0.6 is 23.4 Å². The first kappa shape index (κ1) is 16.5. The fourth-order valence-corrected chi connectivity index (χ4v) is 3.68. The number of aliphatic hydroxyl groups is 3. The molecule has 3 N–H and O–H groups in total. The second kappa shape index (κ2) is 7.07. The van der Waals surface area contributed by atoms with Crippen LogP contribution in [-0.4, -0.2) is 49.8 Å². The third-order valence-corrected chi connectivity index (χ3v) is 5.11. The lowest BCUT2D eigenvalue weighted by atomic mass is 10.1. The zero-order chi connectivity index (χ0) is 16.4. The van der Waals surface area contributed by atoms with Gasteiger partial charge in [0.25, 0.3) is 0 Å². The van der Waals surface area contributed by atoms with Gasteiger partial charge in [-0.05, 0) is 24.3 Å². The minimum Gasteiger partial charge on any atom is -0.477 e. The summed E-state index contributed by atoms with van der Waals surface area (Å²) in [5.41, 5.74) is 0.791. The number of nitrogens with zero attached hydrogens (tertiary/aromatic N) is 1. The van der Waals surface area contributed by atoms with Crippen LogP contribution in [0.15, 0.2) is 42.6 Å². The van der Waals surface area contributed by atoms with Crippen molar-refractivity contribution in [1.82, 2.24) is 4.98 Å². The number of halogens is 1. The molecule has 1 fully saturated rings. The monoisotopic (exact) mass is 353 g/mol. The first-order chi connectivity index (χ1) is 11.1. The predicted molar refractivity (Wildman–Crippen MR) is 89.6 cm³/mol. The summed E-state index contributed by atoms with van der Waals surface area (Å²) >= 11 is 7.41. The van der Waals surface area contributed by atoms with E-state index in [4.69, 9.17) is 16.3 Å². The molecule has 2 heterocycles. The van der Waals surface area contributed by atoms with Gasteiger partial charge in [-0.15, -0.1) is 11.8 Å². The number of thioether (sulfide) groups is 1. The Morgan fingerprint density at radius 3 is 2.74 bits per heavy atom. The Balaban J connectivity index is 1.80. The van der Waals surface area contributed by atoms with Crippen molar-refractivity contribution in [2.24, 2.45) is 0 Å². The minimum atomic E-state index is -1.21. The Hall–Kier alpha value is -1.31. The highest BCUT2D eigenvalue weighted by atomic mass is 35.5. The molecule has 0 spiro atoms. The Labute approximate surface area is 142 Å². The Morgan fingerprint density at radius 1 is 1.13 bits per heavy atom. The van der Waals surface area contributed by atoms with Crippen LogP contribution in [0.3, 0.4) is 0 Å². The molecule has 0 aliphatic carbocycles. The largest absolute Gasteiger partial charge is 0.477 e. The first-order valence-corrected chi connectivity index (χ1v) is 8.52. The van der Waals surface area contributed by atoms with Gasteiger partial charge in [-0.2, -0.15) is 0 Å². The zero-order valence-corrected chi connectivity index (χ0v) is 13.6. The number of aliphatic hydroxyl groups excluding tert-OH is 3. The fraction of sp³-hybridized carbons (Fsp3) is 0.312. The smallest absolute Gasteiger partial charge is 0.173 e. The van der Waals surface area contributed by atoms with Gasteiger partial charge >= 0.3 is 0 Å². The number of hydrogen-bond acceptors (Lipinski definition) is 6. The lowest BCUT2D eigenvalue weighted by Gasteiger charge is -2.34. The molecule has 23 heavy (non-hydrogen) atoms. The average Bonchev–Trinajstić information content (AvgIpc) is 2.56. The van der Waals surface area contributed by atoms with Gasteiger partial charge in [0.15, 0.2) is 5.44 Å². The van der Waals surface area contributed by atoms with Crippen LogP contribution in [0.2, 0.25) is 5.02 Å². The second-order valence-electron chi connectivity index (χ2n) is 5.23. The highest BCUT2D eigenvalue weighted by molar-refractivity contribution is 7.99. The van der Waals surface area contributed by atoms with E-state index in [0.717, 1.165) is 5.56 Å². The molecule has 0 unspecified atom stereocenters. The summed E-state index contributed by atoms with van der Waals surface area (Å²) in [6.07, 6.45) is -1.67. The van der Waals surface area contributed by atoms with Crippen molar-refractivity contribution >= 4 is 23.4 Å². The molecule has 5 nitrogen and oxygen atoms in total. The highest BCUT2D eigenvalue weighted by Crippen LogP contribution is 2.32. The number of pyridine rings is 1. The molecular weight excluding hydrogens is 338 g/mol. The average molecular weight is 354 g/mol. The van der Waals surface area contributed by atoms with E-state index in [9.17, 15) is 15.3 Å². The maximum absolute atomic E-state index is 10.0. The molecule has 4 atom stereocenters. The summed E-state index contributed by atoms with van der Waals surface area (Å²) in [4.78, 5) is 4.26. The van der Waals surface area contributed by atoms with Crippen molar-refractivity contribution in [2.45, 2.75) is 23.7 Å². The van der Waals surface area contributed by atoms with E-state index in [0.29, 0.717) is 22.2 Å². The van der Waals surface area contributed by atoms with Crippen molar-refractivity contribution < 1.29 is 20.1 Å². The molecule has 2 aromatic rings. The van der Waals surface area contributed by atoms with E-state index in [1.807, 2.05) is 6.07 Å². The molecule has 1 aromatic carbocycles.